The van der Waals surface area contributed by atoms with Gasteiger partial charge in [-0.1, -0.05) is 12.1 Å². The fraction of sp³-hybridized carbons (Fsp3) is 0.316. The van der Waals surface area contributed by atoms with Crippen LogP contribution in [0.15, 0.2) is 56.3 Å². The van der Waals surface area contributed by atoms with Crippen molar-refractivity contribution in [2.75, 3.05) is 0 Å². The lowest BCUT2D eigenvalue weighted by Crippen LogP contribution is -2.44. The number of carbonyl (C=O) groups excluding carboxylic acids is 2. The van der Waals surface area contributed by atoms with E-state index >= 15 is 0 Å². The number of benzene rings is 1. The monoisotopic (exact) mass is 371 g/mol. The summed E-state index contributed by atoms with van der Waals surface area (Å²) in [5, 5.41) is 5.34. The molecule has 3 aromatic rings. The van der Waals surface area contributed by atoms with Crippen LogP contribution in [0, 0.1) is 0 Å². The van der Waals surface area contributed by atoms with Gasteiger partial charge in [-0.3, -0.25) is 14.2 Å². The summed E-state index contributed by atoms with van der Waals surface area (Å²) in [5.74, 6) is -0.352. The maximum atomic E-state index is 12.0. The van der Waals surface area contributed by atoms with E-state index in [9.17, 15) is 14.4 Å². The van der Waals surface area contributed by atoms with Gasteiger partial charge in [0.1, 0.15) is 11.8 Å². The molecule has 1 atom stereocenters. The second kappa shape index (κ2) is 8.39. The number of oxazole rings is 1. The molecular formula is C19H21N3O5. The zero-order chi connectivity index (χ0) is 19.2. The number of hydrogen-bond donors (Lipinski definition) is 2. The Bertz CT molecular complexity index is 971. The number of aromatic nitrogens is 1. The van der Waals surface area contributed by atoms with Crippen molar-refractivity contribution in [3.8, 4) is 0 Å². The Labute approximate surface area is 155 Å². The number of nitrogens with one attached hydrogen (secondary N) is 2. The first-order valence-electron chi connectivity index (χ1n) is 8.72. The van der Waals surface area contributed by atoms with E-state index in [1.54, 1.807) is 37.3 Å². The normalized spacial score (nSPS) is 12.0. The molecule has 1 unspecified atom stereocenters. The van der Waals surface area contributed by atoms with Crippen LogP contribution in [-0.2, 0) is 22.7 Å². The van der Waals surface area contributed by atoms with E-state index < -0.39 is 11.8 Å². The molecule has 8 heteroatoms. The van der Waals surface area contributed by atoms with Crippen molar-refractivity contribution in [1.82, 2.24) is 15.2 Å². The Kier molecular flexibility index (Phi) is 5.75. The van der Waals surface area contributed by atoms with E-state index in [2.05, 4.69) is 10.6 Å². The number of amides is 2. The average Bonchev–Trinajstić information content (AvgIpc) is 3.27. The summed E-state index contributed by atoms with van der Waals surface area (Å²) >= 11 is 0. The van der Waals surface area contributed by atoms with E-state index in [1.165, 1.54) is 10.8 Å². The highest BCUT2D eigenvalue weighted by atomic mass is 16.4. The van der Waals surface area contributed by atoms with Crippen LogP contribution in [0.4, 0.5) is 0 Å². The molecule has 0 saturated carbocycles. The summed E-state index contributed by atoms with van der Waals surface area (Å²) in [5.41, 5.74) is 1.22. The Morgan fingerprint density at radius 2 is 2.00 bits per heavy atom. The minimum absolute atomic E-state index is 0.196. The van der Waals surface area contributed by atoms with Gasteiger partial charge in [-0.05, 0) is 37.6 Å². The van der Waals surface area contributed by atoms with E-state index in [0.717, 1.165) is 0 Å². The molecule has 0 aliphatic carbocycles. The van der Waals surface area contributed by atoms with Gasteiger partial charge in [0, 0.05) is 13.0 Å². The summed E-state index contributed by atoms with van der Waals surface area (Å²) < 4.78 is 11.8. The molecule has 2 N–H and O–H groups in total. The molecular weight excluding hydrogens is 350 g/mol. The Morgan fingerprint density at radius 1 is 1.19 bits per heavy atom. The van der Waals surface area contributed by atoms with Crippen LogP contribution in [-0.4, -0.2) is 22.4 Å². The highest BCUT2D eigenvalue weighted by molar-refractivity contribution is 5.87. The van der Waals surface area contributed by atoms with Gasteiger partial charge in [-0.25, -0.2) is 4.79 Å². The minimum atomic E-state index is -0.662. The van der Waals surface area contributed by atoms with Crippen LogP contribution < -0.4 is 16.4 Å². The summed E-state index contributed by atoms with van der Waals surface area (Å²) in [7, 11) is 0. The summed E-state index contributed by atoms with van der Waals surface area (Å²) in [4.78, 5) is 35.9. The fourth-order valence-electron chi connectivity index (χ4n) is 2.74. The van der Waals surface area contributed by atoms with Gasteiger partial charge in [0.05, 0.1) is 18.3 Å². The lowest BCUT2D eigenvalue weighted by Gasteiger charge is -2.13. The molecule has 27 heavy (non-hydrogen) atoms. The first kappa shape index (κ1) is 18.5. The van der Waals surface area contributed by atoms with Gasteiger partial charge in [-0.2, -0.15) is 0 Å². The zero-order valence-electron chi connectivity index (χ0n) is 14.9. The molecule has 0 fully saturated rings. The molecule has 0 bridgehead atoms. The molecule has 0 aliphatic heterocycles. The van der Waals surface area contributed by atoms with Crippen LogP contribution >= 0.6 is 0 Å². The van der Waals surface area contributed by atoms with Crippen LogP contribution in [0.25, 0.3) is 11.1 Å². The number of carbonyl (C=O) groups is 2. The Hall–Kier alpha value is -3.29. The van der Waals surface area contributed by atoms with Gasteiger partial charge in [0.15, 0.2) is 5.58 Å². The first-order valence-corrected chi connectivity index (χ1v) is 8.72. The number of nitrogens with zero attached hydrogens (tertiary/aromatic N) is 1. The molecule has 2 heterocycles. The molecule has 142 valence electrons. The third-order valence-corrected chi connectivity index (χ3v) is 4.15. The van der Waals surface area contributed by atoms with E-state index in [1.807, 2.05) is 6.07 Å². The molecule has 0 aliphatic rings. The largest absolute Gasteiger partial charge is 0.467 e. The maximum Gasteiger partial charge on any atom is 0.419 e. The lowest BCUT2D eigenvalue weighted by atomic mass is 10.2. The summed E-state index contributed by atoms with van der Waals surface area (Å²) in [6, 6.07) is 9.97. The number of fused-ring (bicyclic) bond motifs is 1. The van der Waals surface area contributed by atoms with Gasteiger partial charge in [0.25, 0.3) is 0 Å². The molecule has 0 spiro atoms. The van der Waals surface area contributed by atoms with Crippen molar-refractivity contribution < 1.29 is 18.4 Å². The molecule has 2 aromatic heterocycles. The van der Waals surface area contributed by atoms with Crippen LogP contribution in [0.2, 0.25) is 0 Å². The number of furan rings is 1. The third-order valence-electron chi connectivity index (χ3n) is 4.15. The van der Waals surface area contributed by atoms with Crippen molar-refractivity contribution in [3.63, 3.8) is 0 Å². The molecule has 0 radical (unpaired) electrons. The predicted octanol–water partition coefficient (Wildman–Crippen LogP) is 1.79. The zero-order valence-corrected chi connectivity index (χ0v) is 14.9. The van der Waals surface area contributed by atoms with Crippen LogP contribution in [0.3, 0.4) is 0 Å². The summed E-state index contributed by atoms with van der Waals surface area (Å²) in [6.45, 7) is 2.24. The topological polar surface area (TPSA) is 106 Å². The number of aryl methyl sites for hydroxylation is 1. The number of rotatable bonds is 8. The first-order chi connectivity index (χ1) is 13.0. The van der Waals surface area contributed by atoms with Crippen molar-refractivity contribution >= 4 is 22.9 Å². The second-order valence-corrected chi connectivity index (χ2v) is 6.18. The third kappa shape index (κ3) is 4.66. The highest BCUT2D eigenvalue weighted by Gasteiger charge is 2.16. The standard InChI is InChI=1S/C19H21N3O5/c1-13(18(24)20-12-14-6-5-11-26-14)21-17(23)9-4-10-22-15-7-2-3-8-16(15)27-19(22)25/h2-3,5-8,11,13H,4,9-10,12H2,1H3,(H,20,24)(H,21,23). The van der Waals surface area contributed by atoms with Crippen molar-refractivity contribution in [2.24, 2.45) is 0 Å². The highest BCUT2D eigenvalue weighted by Crippen LogP contribution is 2.12. The van der Waals surface area contributed by atoms with Gasteiger partial charge < -0.3 is 19.5 Å². The predicted molar refractivity (Wildman–Crippen MR) is 97.9 cm³/mol. The lowest BCUT2D eigenvalue weighted by molar-refractivity contribution is -0.128. The molecule has 8 nitrogen and oxygen atoms in total. The quantitative estimate of drug-likeness (QED) is 0.628. The Morgan fingerprint density at radius 3 is 2.78 bits per heavy atom. The molecule has 2 amide bonds. The number of hydrogen-bond acceptors (Lipinski definition) is 5. The smallest absolute Gasteiger partial charge is 0.419 e. The van der Waals surface area contributed by atoms with Crippen molar-refractivity contribution in [2.45, 2.75) is 38.9 Å². The van der Waals surface area contributed by atoms with Crippen molar-refractivity contribution in [1.29, 1.82) is 0 Å². The second-order valence-electron chi connectivity index (χ2n) is 6.18. The van der Waals surface area contributed by atoms with Crippen LogP contribution in [0.1, 0.15) is 25.5 Å². The fourth-order valence-corrected chi connectivity index (χ4v) is 2.74. The van der Waals surface area contributed by atoms with Crippen LogP contribution in [0.5, 0.6) is 0 Å². The SMILES string of the molecule is CC(NC(=O)CCCn1c(=O)oc2ccccc21)C(=O)NCc1ccco1. The molecule has 1 aromatic carbocycles. The molecule has 0 saturated heterocycles. The van der Waals surface area contributed by atoms with Gasteiger partial charge >= 0.3 is 5.76 Å². The molecule has 3 rings (SSSR count). The van der Waals surface area contributed by atoms with E-state index in [0.29, 0.717) is 29.8 Å². The van der Waals surface area contributed by atoms with Crippen molar-refractivity contribution in [3.05, 3.63) is 59.0 Å². The maximum absolute atomic E-state index is 12.0. The van der Waals surface area contributed by atoms with Gasteiger partial charge in [0.2, 0.25) is 11.8 Å². The average molecular weight is 371 g/mol. The van der Waals surface area contributed by atoms with Gasteiger partial charge in [-0.15, -0.1) is 0 Å². The Balaban J connectivity index is 1.44. The summed E-state index contributed by atoms with van der Waals surface area (Å²) in [6.07, 6.45) is 2.18. The van der Waals surface area contributed by atoms with E-state index in [-0.39, 0.29) is 24.8 Å². The minimum Gasteiger partial charge on any atom is -0.467 e. The number of para-hydroxylation sites is 2. The van der Waals surface area contributed by atoms with E-state index in [4.69, 9.17) is 8.83 Å².